The summed E-state index contributed by atoms with van der Waals surface area (Å²) < 4.78 is 0.682. The number of carboxylic acids is 2. The van der Waals surface area contributed by atoms with Gasteiger partial charge in [0, 0.05) is 0 Å². The van der Waals surface area contributed by atoms with E-state index in [9.17, 15) is 9.59 Å². The standard InChI is InChI=1S/C7H6N2S.C3H4O4/c10-7-8-5-3-1-2-4-6(5)9-7;4-2(5)1-3(6)7/h1-4H,(H2,8,9,10);1H2,(H,4,5)(H,6,7). The normalized spacial score (nSPS) is 9.41. The van der Waals surface area contributed by atoms with E-state index >= 15 is 0 Å². The molecule has 0 saturated heterocycles. The van der Waals surface area contributed by atoms with Gasteiger partial charge in [-0.25, -0.2) is 0 Å². The minimum absolute atomic E-state index is 0.682. The van der Waals surface area contributed by atoms with E-state index in [-0.39, 0.29) is 0 Å². The molecule has 2 rings (SSSR count). The quantitative estimate of drug-likeness (QED) is 0.482. The molecule has 7 heteroatoms. The second-order valence-corrected chi connectivity index (χ2v) is 3.50. The van der Waals surface area contributed by atoms with Gasteiger partial charge >= 0.3 is 11.9 Å². The van der Waals surface area contributed by atoms with Gasteiger partial charge in [0.15, 0.2) is 4.77 Å². The van der Waals surface area contributed by atoms with Crippen LogP contribution in [-0.4, -0.2) is 32.1 Å². The molecular weight excluding hydrogens is 244 g/mol. The number of carboxylic acid groups (broad SMARTS) is 2. The molecule has 1 aromatic heterocycles. The van der Waals surface area contributed by atoms with Crippen molar-refractivity contribution in [2.75, 3.05) is 0 Å². The molecule has 17 heavy (non-hydrogen) atoms. The number of rotatable bonds is 2. The molecule has 2 aromatic rings. The number of nitrogens with one attached hydrogen (secondary N) is 2. The molecule has 0 fully saturated rings. The van der Waals surface area contributed by atoms with Crippen LogP contribution in [0, 0.1) is 4.77 Å². The fraction of sp³-hybridized carbons (Fsp3) is 0.100. The largest absolute Gasteiger partial charge is 0.481 e. The van der Waals surface area contributed by atoms with Gasteiger partial charge in [-0.1, -0.05) is 12.1 Å². The maximum absolute atomic E-state index is 9.43. The highest BCUT2D eigenvalue weighted by Gasteiger charge is 2.01. The van der Waals surface area contributed by atoms with Crippen molar-refractivity contribution in [1.82, 2.24) is 9.97 Å². The zero-order valence-electron chi connectivity index (χ0n) is 8.64. The molecule has 0 saturated carbocycles. The first-order chi connectivity index (χ1) is 7.99. The average molecular weight is 254 g/mol. The van der Waals surface area contributed by atoms with E-state index < -0.39 is 18.4 Å². The SMILES string of the molecule is O=C(O)CC(=O)O.S=c1[nH]c2ccccc2[nH]1. The van der Waals surface area contributed by atoms with Gasteiger partial charge in [-0.05, 0) is 24.4 Å². The monoisotopic (exact) mass is 254 g/mol. The number of benzene rings is 1. The summed E-state index contributed by atoms with van der Waals surface area (Å²) in [4.78, 5) is 24.9. The topological polar surface area (TPSA) is 106 Å². The van der Waals surface area contributed by atoms with Crippen molar-refractivity contribution >= 4 is 35.2 Å². The van der Waals surface area contributed by atoms with Gasteiger partial charge in [-0.3, -0.25) is 9.59 Å². The molecule has 0 atom stereocenters. The summed E-state index contributed by atoms with van der Waals surface area (Å²) in [5.74, 6) is -2.62. The first-order valence-corrected chi connectivity index (χ1v) is 5.00. The molecule has 0 aliphatic rings. The van der Waals surface area contributed by atoms with E-state index in [4.69, 9.17) is 22.4 Å². The first-order valence-electron chi connectivity index (χ1n) is 4.59. The molecule has 4 N–H and O–H groups in total. The summed E-state index contributed by atoms with van der Waals surface area (Å²) >= 11 is 4.90. The van der Waals surface area contributed by atoms with Crippen LogP contribution in [0.15, 0.2) is 24.3 Å². The maximum Gasteiger partial charge on any atom is 0.314 e. The molecule has 0 spiro atoms. The summed E-state index contributed by atoms with van der Waals surface area (Å²) in [5, 5.41) is 15.4. The molecule has 0 amide bonds. The predicted molar refractivity (Wildman–Crippen MR) is 63.4 cm³/mol. The number of H-pyrrole nitrogens is 2. The van der Waals surface area contributed by atoms with Gasteiger partial charge in [0.25, 0.3) is 0 Å². The number of aromatic nitrogens is 2. The fourth-order valence-electron chi connectivity index (χ4n) is 1.11. The van der Waals surface area contributed by atoms with Crippen LogP contribution >= 0.6 is 12.2 Å². The summed E-state index contributed by atoms with van der Waals surface area (Å²) in [6, 6.07) is 7.92. The number of fused-ring (bicyclic) bond motifs is 1. The van der Waals surface area contributed by atoms with Crippen LogP contribution in [0.3, 0.4) is 0 Å². The van der Waals surface area contributed by atoms with E-state index in [1.165, 1.54) is 0 Å². The third kappa shape index (κ3) is 4.47. The first kappa shape index (κ1) is 12.9. The number of hydrogen-bond donors (Lipinski definition) is 4. The third-order valence-corrected chi connectivity index (χ3v) is 1.93. The van der Waals surface area contributed by atoms with Crippen LogP contribution in [0.25, 0.3) is 11.0 Å². The van der Waals surface area contributed by atoms with E-state index in [0.29, 0.717) is 4.77 Å². The molecule has 6 nitrogen and oxygen atoms in total. The molecule has 0 aliphatic carbocycles. The average Bonchev–Trinajstić information content (AvgIpc) is 2.56. The summed E-state index contributed by atoms with van der Waals surface area (Å²) in [5.41, 5.74) is 2.13. The Labute approximate surface area is 101 Å². The molecular formula is C10H10N2O4S. The van der Waals surface area contributed by atoms with Crippen molar-refractivity contribution < 1.29 is 19.8 Å². The van der Waals surface area contributed by atoms with E-state index in [0.717, 1.165) is 11.0 Å². The van der Waals surface area contributed by atoms with Crippen LogP contribution in [0.2, 0.25) is 0 Å². The lowest BCUT2D eigenvalue weighted by molar-refractivity contribution is -0.147. The minimum Gasteiger partial charge on any atom is -0.481 e. The Bertz CT molecular complexity index is 539. The lowest BCUT2D eigenvalue weighted by atomic mass is 10.3. The summed E-state index contributed by atoms with van der Waals surface area (Å²) in [7, 11) is 0. The van der Waals surface area contributed by atoms with E-state index in [1.807, 2.05) is 24.3 Å². The van der Waals surface area contributed by atoms with Gasteiger partial charge in [-0.15, -0.1) is 0 Å². The molecule has 0 bridgehead atoms. The number of imidazole rings is 1. The van der Waals surface area contributed by atoms with Crippen LogP contribution in [-0.2, 0) is 9.59 Å². The Hall–Kier alpha value is -2.15. The van der Waals surface area contributed by atoms with Gasteiger partial charge in [0.05, 0.1) is 11.0 Å². The van der Waals surface area contributed by atoms with Gasteiger partial charge in [0.2, 0.25) is 0 Å². The lowest BCUT2D eigenvalue weighted by Crippen LogP contribution is -2.03. The number of para-hydroxylation sites is 2. The Morgan fingerprint density at radius 1 is 1.06 bits per heavy atom. The molecule has 0 radical (unpaired) electrons. The molecule has 1 aromatic carbocycles. The number of aromatic amines is 2. The zero-order chi connectivity index (χ0) is 12.8. The van der Waals surface area contributed by atoms with Gasteiger partial charge in [0.1, 0.15) is 6.42 Å². The zero-order valence-corrected chi connectivity index (χ0v) is 9.45. The molecule has 90 valence electrons. The summed E-state index contributed by atoms with van der Waals surface area (Å²) in [6.45, 7) is 0. The van der Waals surface area contributed by atoms with Crippen LogP contribution in [0.1, 0.15) is 6.42 Å². The van der Waals surface area contributed by atoms with Crippen LogP contribution in [0.5, 0.6) is 0 Å². The summed E-state index contributed by atoms with van der Waals surface area (Å²) in [6.07, 6.45) is -0.806. The second kappa shape index (κ2) is 5.80. The van der Waals surface area contributed by atoms with Crippen molar-refractivity contribution in [1.29, 1.82) is 0 Å². The van der Waals surface area contributed by atoms with Crippen molar-refractivity contribution in [3.8, 4) is 0 Å². The highest BCUT2D eigenvalue weighted by Crippen LogP contribution is 2.06. The smallest absolute Gasteiger partial charge is 0.314 e. The predicted octanol–water partition coefficient (Wildman–Crippen LogP) is 1.77. The Kier molecular flexibility index (Phi) is 4.41. The van der Waals surface area contributed by atoms with Crippen molar-refractivity contribution in [3.05, 3.63) is 29.0 Å². The maximum atomic E-state index is 9.43. The van der Waals surface area contributed by atoms with Gasteiger partial charge < -0.3 is 20.2 Å². The van der Waals surface area contributed by atoms with Crippen molar-refractivity contribution in [3.63, 3.8) is 0 Å². The Balaban J connectivity index is 0.000000185. The van der Waals surface area contributed by atoms with E-state index in [2.05, 4.69) is 9.97 Å². The Morgan fingerprint density at radius 3 is 1.76 bits per heavy atom. The molecule has 1 heterocycles. The molecule has 0 aliphatic heterocycles. The highest BCUT2D eigenvalue weighted by atomic mass is 32.1. The number of carbonyl (C=O) groups is 2. The fourth-order valence-corrected chi connectivity index (χ4v) is 1.33. The van der Waals surface area contributed by atoms with E-state index in [1.54, 1.807) is 0 Å². The van der Waals surface area contributed by atoms with Crippen molar-refractivity contribution in [2.45, 2.75) is 6.42 Å². The third-order valence-electron chi connectivity index (χ3n) is 1.73. The lowest BCUT2D eigenvalue weighted by Gasteiger charge is -1.82. The second-order valence-electron chi connectivity index (χ2n) is 3.09. The molecule has 0 unspecified atom stereocenters. The van der Waals surface area contributed by atoms with Crippen molar-refractivity contribution in [2.24, 2.45) is 0 Å². The van der Waals surface area contributed by atoms with Crippen LogP contribution < -0.4 is 0 Å². The highest BCUT2D eigenvalue weighted by molar-refractivity contribution is 7.71. The minimum atomic E-state index is -1.31. The number of hydrogen-bond acceptors (Lipinski definition) is 3. The Morgan fingerprint density at radius 2 is 1.47 bits per heavy atom. The van der Waals surface area contributed by atoms with Crippen LogP contribution in [0.4, 0.5) is 0 Å². The number of aliphatic carboxylic acids is 2. The van der Waals surface area contributed by atoms with Gasteiger partial charge in [-0.2, -0.15) is 0 Å².